The predicted molar refractivity (Wildman–Crippen MR) is 115 cm³/mol. The normalized spacial score (nSPS) is 24.0. The molecule has 166 valence electrons. The second kappa shape index (κ2) is 9.89. The van der Waals surface area contributed by atoms with Crippen molar-refractivity contribution in [2.75, 3.05) is 32.4 Å². The van der Waals surface area contributed by atoms with Gasteiger partial charge in [-0.1, -0.05) is 36.8 Å². The number of rotatable bonds is 8. The molecule has 1 aromatic carbocycles. The fraction of sp³-hybridized carbons (Fsp3) is 0.619. The number of carbonyl (C=O) groups is 2. The minimum Gasteiger partial charge on any atom is -0.368 e. The summed E-state index contributed by atoms with van der Waals surface area (Å²) in [5.74, 6) is -0.781. The van der Waals surface area contributed by atoms with Crippen LogP contribution in [0.3, 0.4) is 0 Å². The number of hydrogen-bond donors (Lipinski definition) is 2. The Morgan fingerprint density at radius 1 is 1.17 bits per heavy atom. The van der Waals surface area contributed by atoms with Crippen LogP contribution >= 0.6 is 0 Å². The maximum atomic E-state index is 13.4. The summed E-state index contributed by atoms with van der Waals surface area (Å²) in [5.41, 5.74) is 6.46. The minimum absolute atomic E-state index is 0.153. The van der Waals surface area contributed by atoms with Gasteiger partial charge >= 0.3 is 0 Å². The highest BCUT2D eigenvalue weighted by Crippen LogP contribution is 2.26. The van der Waals surface area contributed by atoms with Crippen molar-refractivity contribution < 1.29 is 18.0 Å². The van der Waals surface area contributed by atoms with Gasteiger partial charge in [-0.25, -0.2) is 13.1 Å². The molecule has 3 N–H and O–H groups in total. The van der Waals surface area contributed by atoms with Crippen molar-refractivity contribution in [2.24, 2.45) is 11.7 Å². The van der Waals surface area contributed by atoms with E-state index in [1.54, 1.807) is 0 Å². The number of nitrogens with one attached hydrogen (secondary N) is 1. The average Bonchev–Trinajstić information content (AvgIpc) is 3.11. The van der Waals surface area contributed by atoms with E-state index in [0.29, 0.717) is 13.0 Å². The smallest absolute Gasteiger partial charge is 0.241 e. The van der Waals surface area contributed by atoms with Crippen LogP contribution in [0.25, 0.3) is 0 Å². The first-order chi connectivity index (χ1) is 14.2. The highest BCUT2D eigenvalue weighted by atomic mass is 32.2. The van der Waals surface area contributed by atoms with E-state index in [1.165, 1.54) is 24.2 Å². The molecule has 2 fully saturated rings. The van der Waals surface area contributed by atoms with E-state index in [1.807, 2.05) is 30.3 Å². The van der Waals surface area contributed by atoms with E-state index < -0.39 is 33.9 Å². The summed E-state index contributed by atoms with van der Waals surface area (Å²) in [6, 6.07) is 7.56. The summed E-state index contributed by atoms with van der Waals surface area (Å²) in [4.78, 5) is 29.3. The van der Waals surface area contributed by atoms with Gasteiger partial charge in [-0.15, -0.1) is 0 Å². The fourth-order valence-electron chi connectivity index (χ4n) is 4.56. The number of benzene rings is 1. The van der Waals surface area contributed by atoms with Crippen LogP contribution in [0.5, 0.6) is 0 Å². The second-order valence-corrected chi connectivity index (χ2v) is 10.3. The third-order valence-corrected chi connectivity index (χ3v) is 6.61. The van der Waals surface area contributed by atoms with E-state index in [4.69, 9.17) is 5.73 Å². The molecule has 2 saturated heterocycles. The molecule has 0 bridgehead atoms. The second-order valence-electron chi connectivity index (χ2n) is 8.50. The van der Waals surface area contributed by atoms with Gasteiger partial charge in [0, 0.05) is 13.1 Å². The Hall–Kier alpha value is -1.97. The summed E-state index contributed by atoms with van der Waals surface area (Å²) in [5, 5.41) is 0. The van der Waals surface area contributed by atoms with Gasteiger partial charge < -0.3 is 15.5 Å². The maximum absolute atomic E-state index is 13.4. The molecular formula is C21H32N4O4S. The van der Waals surface area contributed by atoms with E-state index in [2.05, 4.69) is 9.62 Å². The number of hydrogen-bond acceptors (Lipinski definition) is 5. The SMILES string of the molecule is CS(=O)(=O)N[C@H](Cc1ccccc1)C(=O)N1CC(CN2CCCCC2)C[C@H]1C(N)=O. The van der Waals surface area contributed by atoms with Crippen molar-refractivity contribution in [1.82, 2.24) is 14.5 Å². The minimum atomic E-state index is -3.61. The zero-order valence-corrected chi connectivity index (χ0v) is 18.3. The van der Waals surface area contributed by atoms with Gasteiger partial charge in [0.15, 0.2) is 0 Å². The highest BCUT2D eigenvalue weighted by Gasteiger charge is 2.41. The molecule has 2 heterocycles. The quantitative estimate of drug-likeness (QED) is 0.610. The van der Waals surface area contributed by atoms with E-state index in [-0.39, 0.29) is 12.3 Å². The van der Waals surface area contributed by atoms with Gasteiger partial charge in [0.1, 0.15) is 12.1 Å². The van der Waals surface area contributed by atoms with Gasteiger partial charge in [0.2, 0.25) is 21.8 Å². The predicted octanol–water partition coefficient (Wildman–Crippen LogP) is 0.335. The molecule has 0 aromatic heterocycles. The molecule has 8 nitrogen and oxygen atoms in total. The third kappa shape index (κ3) is 6.26. The lowest BCUT2D eigenvalue weighted by atomic mass is 10.0. The zero-order valence-electron chi connectivity index (χ0n) is 17.5. The van der Waals surface area contributed by atoms with Crippen LogP contribution in [0.4, 0.5) is 0 Å². The Morgan fingerprint density at radius 2 is 1.83 bits per heavy atom. The van der Waals surface area contributed by atoms with E-state index >= 15 is 0 Å². The molecule has 1 unspecified atom stereocenters. The van der Waals surface area contributed by atoms with Crippen molar-refractivity contribution in [1.29, 1.82) is 0 Å². The summed E-state index contributed by atoms with van der Waals surface area (Å²) in [7, 11) is -3.61. The lowest BCUT2D eigenvalue weighted by Crippen LogP contribution is -2.53. The molecular weight excluding hydrogens is 404 g/mol. The third-order valence-electron chi connectivity index (χ3n) is 5.90. The summed E-state index contributed by atoms with van der Waals surface area (Å²) in [6.07, 6.45) is 5.36. The van der Waals surface area contributed by atoms with Crippen LogP contribution in [0.1, 0.15) is 31.2 Å². The van der Waals surface area contributed by atoms with E-state index in [9.17, 15) is 18.0 Å². The van der Waals surface area contributed by atoms with Gasteiger partial charge in [-0.2, -0.15) is 0 Å². The van der Waals surface area contributed by atoms with Crippen LogP contribution < -0.4 is 10.5 Å². The van der Waals surface area contributed by atoms with Crippen molar-refractivity contribution in [2.45, 2.75) is 44.2 Å². The molecule has 9 heteroatoms. The molecule has 1 aromatic rings. The number of sulfonamides is 1. The summed E-state index contributed by atoms with van der Waals surface area (Å²) in [6.45, 7) is 3.33. The van der Waals surface area contributed by atoms with Crippen molar-refractivity contribution >= 4 is 21.8 Å². The molecule has 0 aliphatic carbocycles. The topological polar surface area (TPSA) is 113 Å². The summed E-state index contributed by atoms with van der Waals surface area (Å²) < 4.78 is 26.3. The van der Waals surface area contributed by atoms with Crippen molar-refractivity contribution in [3.05, 3.63) is 35.9 Å². The largest absolute Gasteiger partial charge is 0.368 e. The molecule has 3 atom stereocenters. The Kier molecular flexibility index (Phi) is 7.49. The first kappa shape index (κ1) is 22.7. The zero-order chi connectivity index (χ0) is 21.7. The molecule has 0 saturated carbocycles. The van der Waals surface area contributed by atoms with Crippen molar-refractivity contribution in [3.8, 4) is 0 Å². The number of amides is 2. The van der Waals surface area contributed by atoms with Crippen LogP contribution in [0.2, 0.25) is 0 Å². The lowest BCUT2D eigenvalue weighted by molar-refractivity contribution is -0.138. The number of carbonyl (C=O) groups excluding carboxylic acids is 2. The number of nitrogens with zero attached hydrogens (tertiary/aromatic N) is 2. The van der Waals surface area contributed by atoms with Crippen LogP contribution in [0.15, 0.2) is 30.3 Å². The van der Waals surface area contributed by atoms with Gasteiger partial charge in [-0.05, 0) is 50.3 Å². The Labute approximate surface area is 178 Å². The highest BCUT2D eigenvalue weighted by molar-refractivity contribution is 7.88. The van der Waals surface area contributed by atoms with Crippen LogP contribution in [0, 0.1) is 5.92 Å². The first-order valence-corrected chi connectivity index (χ1v) is 12.5. The summed E-state index contributed by atoms with van der Waals surface area (Å²) >= 11 is 0. The van der Waals surface area contributed by atoms with E-state index in [0.717, 1.165) is 31.5 Å². The van der Waals surface area contributed by atoms with Crippen molar-refractivity contribution in [3.63, 3.8) is 0 Å². The molecule has 30 heavy (non-hydrogen) atoms. The lowest BCUT2D eigenvalue weighted by Gasteiger charge is -2.29. The van der Waals surface area contributed by atoms with Crippen LogP contribution in [-0.4, -0.2) is 74.6 Å². The number of likely N-dealkylation sites (tertiary alicyclic amines) is 2. The molecule has 2 aliphatic rings. The fourth-order valence-corrected chi connectivity index (χ4v) is 5.26. The molecule has 0 radical (unpaired) electrons. The Bertz CT molecular complexity index is 840. The van der Waals surface area contributed by atoms with Crippen LogP contribution in [-0.2, 0) is 26.0 Å². The maximum Gasteiger partial charge on any atom is 0.241 e. The number of nitrogens with two attached hydrogens (primary N) is 1. The first-order valence-electron chi connectivity index (χ1n) is 10.6. The average molecular weight is 437 g/mol. The van der Waals surface area contributed by atoms with Gasteiger partial charge in [0.05, 0.1) is 6.26 Å². The molecule has 3 rings (SSSR count). The molecule has 0 spiro atoms. The Morgan fingerprint density at radius 3 is 2.43 bits per heavy atom. The Balaban J connectivity index is 1.75. The number of primary amides is 1. The molecule has 2 amide bonds. The number of piperidine rings is 1. The monoisotopic (exact) mass is 436 g/mol. The van der Waals surface area contributed by atoms with Gasteiger partial charge in [0.25, 0.3) is 0 Å². The van der Waals surface area contributed by atoms with Gasteiger partial charge in [-0.3, -0.25) is 9.59 Å². The standard InChI is InChI=1S/C21H32N4O4S/c1-30(28,29)23-18(12-16-8-4-2-5-9-16)21(27)25-15-17(13-19(25)20(22)26)14-24-10-6-3-7-11-24/h2,4-5,8-9,17-19,23H,3,6-7,10-15H2,1H3,(H2,22,26)/t17?,18-,19+/m1/s1. The molecule has 2 aliphatic heterocycles.